The van der Waals surface area contributed by atoms with Crippen LogP contribution in [0.3, 0.4) is 0 Å². The van der Waals surface area contributed by atoms with Gasteiger partial charge in [-0.05, 0) is 18.2 Å². The van der Waals surface area contributed by atoms with Gasteiger partial charge in [-0.3, -0.25) is 19.2 Å². The molecule has 7 heteroatoms. The maximum Gasteiger partial charge on any atom is 0.274 e. The lowest BCUT2D eigenvalue weighted by atomic mass is 10.1. The second-order valence-electron chi connectivity index (χ2n) is 3.80. The normalized spacial score (nSPS) is 9.63. The lowest BCUT2D eigenvalue weighted by Gasteiger charge is -2.10. The maximum atomic E-state index is 11.7. The molecule has 0 fully saturated rings. The fourth-order valence-corrected chi connectivity index (χ4v) is 1.46. The van der Waals surface area contributed by atoms with E-state index < -0.39 is 5.91 Å². The molecule has 0 spiro atoms. The van der Waals surface area contributed by atoms with Gasteiger partial charge in [0.05, 0.1) is 7.11 Å². The number of anilines is 2. The monoisotopic (exact) mass is 265 g/mol. The molecule has 0 heterocycles. The Bertz CT molecular complexity index is 479. The van der Waals surface area contributed by atoms with Gasteiger partial charge in [0.1, 0.15) is 0 Å². The first kappa shape index (κ1) is 14.7. The highest BCUT2D eigenvalue weighted by Crippen LogP contribution is 2.19. The highest BCUT2D eigenvalue weighted by molar-refractivity contribution is 5.99. The zero-order valence-electron chi connectivity index (χ0n) is 10.9. The van der Waals surface area contributed by atoms with E-state index in [4.69, 9.17) is 0 Å². The van der Waals surface area contributed by atoms with Crippen molar-refractivity contribution in [3.63, 3.8) is 0 Å². The first-order valence-corrected chi connectivity index (χ1v) is 5.46. The molecule has 0 aliphatic rings. The summed E-state index contributed by atoms with van der Waals surface area (Å²) in [6.07, 6.45) is 0. The van der Waals surface area contributed by atoms with Gasteiger partial charge in [0.25, 0.3) is 5.91 Å². The van der Waals surface area contributed by atoms with Gasteiger partial charge in [-0.2, -0.15) is 0 Å². The molecule has 19 heavy (non-hydrogen) atoms. The molecule has 0 saturated heterocycles. The quantitative estimate of drug-likeness (QED) is 0.704. The van der Waals surface area contributed by atoms with Crippen LogP contribution in [-0.2, 0) is 14.4 Å². The van der Waals surface area contributed by atoms with Gasteiger partial charge in [0, 0.05) is 30.8 Å². The highest BCUT2D eigenvalue weighted by atomic mass is 16.6. The molecule has 3 amide bonds. The molecule has 0 aliphatic carbocycles. The number of hydrogen-bond donors (Lipinski definition) is 3. The minimum absolute atomic E-state index is 0.247. The van der Waals surface area contributed by atoms with E-state index in [0.29, 0.717) is 11.4 Å². The average molecular weight is 265 g/mol. The number of carbonyl (C=O) groups excluding carboxylic acids is 3. The fourth-order valence-electron chi connectivity index (χ4n) is 1.46. The molecule has 0 radical (unpaired) electrons. The number of benzene rings is 1. The molecular formula is C12H15N3O4. The van der Waals surface area contributed by atoms with Gasteiger partial charge >= 0.3 is 0 Å². The van der Waals surface area contributed by atoms with Crippen LogP contribution in [0.15, 0.2) is 18.2 Å². The molecule has 0 unspecified atom stereocenters. The molecule has 1 aromatic rings. The molecule has 102 valence electrons. The summed E-state index contributed by atoms with van der Waals surface area (Å²) in [7, 11) is 1.31. The summed E-state index contributed by atoms with van der Waals surface area (Å²) >= 11 is 0. The van der Waals surface area contributed by atoms with Crippen molar-refractivity contribution in [1.82, 2.24) is 5.48 Å². The second-order valence-corrected chi connectivity index (χ2v) is 3.80. The molecule has 0 saturated carbocycles. The van der Waals surface area contributed by atoms with Gasteiger partial charge in [0.2, 0.25) is 11.8 Å². The third-order valence-corrected chi connectivity index (χ3v) is 2.03. The van der Waals surface area contributed by atoms with Crippen LogP contribution in [0.25, 0.3) is 0 Å². The van der Waals surface area contributed by atoms with Gasteiger partial charge < -0.3 is 10.6 Å². The van der Waals surface area contributed by atoms with Crippen LogP contribution in [0.1, 0.15) is 24.2 Å². The van der Waals surface area contributed by atoms with E-state index in [1.165, 1.54) is 33.1 Å². The topological polar surface area (TPSA) is 96.5 Å². The standard InChI is InChI=1S/C12H15N3O4/c1-7(16)13-10-4-9(12(18)15-19-3)5-11(6-10)14-8(2)17/h4-6H,1-3H3,(H,13,16)(H,14,17)(H,15,18). The molecule has 1 rings (SSSR count). The van der Waals surface area contributed by atoms with Crippen molar-refractivity contribution >= 4 is 29.1 Å². The number of hydroxylamine groups is 1. The van der Waals surface area contributed by atoms with E-state index in [2.05, 4.69) is 21.0 Å². The van der Waals surface area contributed by atoms with Crippen molar-refractivity contribution in [2.24, 2.45) is 0 Å². The van der Waals surface area contributed by atoms with Gasteiger partial charge in [-0.1, -0.05) is 0 Å². The van der Waals surface area contributed by atoms with Crippen molar-refractivity contribution < 1.29 is 19.2 Å². The molecule has 1 aromatic carbocycles. The number of amides is 3. The Kier molecular flexibility index (Phi) is 5.01. The molecule has 0 aromatic heterocycles. The van der Waals surface area contributed by atoms with Crippen molar-refractivity contribution in [3.8, 4) is 0 Å². The lowest BCUT2D eigenvalue weighted by Crippen LogP contribution is -2.22. The fraction of sp³-hybridized carbons (Fsp3) is 0.250. The van der Waals surface area contributed by atoms with E-state index in [9.17, 15) is 14.4 Å². The Morgan fingerprint density at radius 1 is 0.947 bits per heavy atom. The first-order chi connectivity index (χ1) is 8.92. The third kappa shape index (κ3) is 4.76. The second kappa shape index (κ2) is 6.50. The van der Waals surface area contributed by atoms with Crippen LogP contribution in [0.2, 0.25) is 0 Å². The lowest BCUT2D eigenvalue weighted by molar-refractivity contribution is -0.115. The van der Waals surface area contributed by atoms with Crippen LogP contribution in [0.4, 0.5) is 11.4 Å². The minimum atomic E-state index is -0.485. The zero-order valence-corrected chi connectivity index (χ0v) is 10.9. The Morgan fingerprint density at radius 2 is 1.42 bits per heavy atom. The summed E-state index contributed by atoms with van der Waals surface area (Å²) in [5.74, 6) is -1.04. The van der Waals surface area contributed by atoms with Crippen molar-refractivity contribution in [3.05, 3.63) is 23.8 Å². The predicted octanol–water partition coefficient (Wildman–Crippen LogP) is 0.895. The number of rotatable bonds is 4. The number of carbonyl (C=O) groups is 3. The van der Waals surface area contributed by atoms with Crippen LogP contribution < -0.4 is 16.1 Å². The van der Waals surface area contributed by atoms with Crippen LogP contribution in [0.5, 0.6) is 0 Å². The molecule has 3 N–H and O–H groups in total. The van der Waals surface area contributed by atoms with E-state index in [0.717, 1.165) is 0 Å². The van der Waals surface area contributed by atoms with E-state index in [-0.39, 0.29) is 17.4 Å². The predicted molar refractivity (Wildman–Crippen MR) is 69.5 cm³/mol. The molecule has 0 atom stereocenters. The smallest absolute Gasteiger partial charge is 0.274 e. The molecule has 0 bridgehead atoms. The average Bonchev–Trinajstić information content (AvgIpc) is 2.26. The summed E-state index contributed by atoms with van der Waals surface area (Å²) in [6.45, 7) is 2.69. The van der Waals surface area contributed by atoms with Gasteiger partial charge in [-0.15, -0.1) is 0 Å². The Balaban J connectivity index is 3.11. The minimum Gasteiger partial charge on any atom is -0.326 e. The Morgan fingerprint density at radius 3 is 1.79 bits per heavy atom. The van der Waals surface area contributed by atoms with Gasteiger partial charge in [0.15, 0.2) is 0 Å². The highest BCUT2D eigenvalue weighted by Gasteiger charge is 2.10. The van der Waals surface area contributed by atoms with E-state index in [1.54, 1.807) is 6.07 Å². The largest absolute Gasteiger partial charge is 0.326 e. The summed E-state index contributed by atoms with van der Waals surface area (Å²) in [6, 6.07) is 4.49. The Hall–Kier alpha value is -2.41. The number of nitrogens with one attached hydrogen (secondary N) is 3. The number of hydrogen-bond acceptors (Lipinski definition) is 4. The Labute approximate surface area is 110 Å². The summed E-state index contributed by atoms with van der Waals surface area (Å²) in [4.78, 5) is 38.2. The van der Waals surface area contributed by atoms with Crippen molar-refractivity contribution in [1.29, 1.82) is 0 Å². The van der Waals surface area contributed by atoms with Gasteiger partial charge in [-0.25, -0.2) is 5.48 Å². The third-order valence-electron chi connectivity index (χ3n) is 2.03. The maximum absolute atomic E-state index is 11.7. The summed E-state index contributed by atoms with van der Waals surface area (Å²) in [5.41, 5.74) is 3.21. The SMILES string of the molecule is CONC(=O)c1cc(NC(C)=O)cc(NC(C)=O)c1. The zero-order chi connectivity index (χ0) is 14.4. The summed E-state index contributed by atoms with van der Waals surface area (Å²) in [5, 5.41) is 5.09. The van der Waals surface area contributed by atoms with Crippen molar-refractivity contribution in [2.75, 3.05) is 17.7 Å². The molecular weight excluding hydrogens is 250 g/mol. The molecule has 7 nitrogen and oxygen atoms in total. The van der Waals surface area contributed by atoms with E-state index >= 15 is 0 Å². The van der Waals surface area contributed by atoms with Crippen LogP contribution in [0, 0.1) is 0 Å². The van der Waals surface area contributed by atoms with E-state index in [1.807, 2.05) is 0 Å². The summed E-state index contributed by atoms with van der Waals surface area (Å²) < 4.78 is 0. The van der Waals surface area contributed by atoms with Crippen LogP contribution in [-0.4, -0.2) is 24.8 Å². The first-order valence-electron chi connectivity index (χ1n) is 5.46. The van der Waals surface area contributed by atoms with Crippen LogP contribution >= 0.6 is 0 Å². The van der Waals surface area contributed by atoms with Crippen molar-refractivity contribution in [2.45, 2.75) is 13.8 Å². The molecule has 0 aliphatic heterocycles.